The SMILES string of the molecule is COc1ccc(OC)c(/C=C(/NC(=O)c2ccccc2)C(=O)Nc2cccc(SC(C(=O)Nc3ccc(F)cc3)c3ccccc3)c2)c1. The number of carbonyl (C=O) groups is 3. The molecular weight excluding hydrogens is 629 g/mol. The molecule has 5 aromatic rings. The fraction of sp³-hybridized carbons (Fsp3) is 0.0789. The van der Waals surface area contributed by atoms with E-state index in [1.807, 2.05) is 36.4 Å². The normalized spacial score (nSPS) is 11.6. The lowest BCUT2D eigenvalue weighted by Crippen LogP contribution is -2.30. The molecule has 5 rings (SSSR count). The van der Waals surface area contributed by atoms with Gasteiger partial charge < -0.3 is 25.4 Å². The second kappa shape index (κ2) is 16.1. The number of thioether (sulfide) groups is 1. The van der Waals surface area contributed by atoms with Crippen molar-refractivity contribution in [3.8, 4) is 11.5 Å². The summed E-state index contributed by atoms with van der Waals surface area (Å²) in [5, 5.41) is 7.80. The lowest BCUT2D eigenvalue weighted by Gasteiger charge is -2.18. The second-order valence-corrected chi connectivity index (χ2v) is 11.6. The first-order valence-corrected chi connectivity index (χ1v) is 15.7. The predicted octanol–water partition coefficient (Wildman–Crippen LogP) is 7.72. The van der Waals surface area contributed by atoms with Crippen LogP contribution in [0.1, 0.15) is 26.7 Å². The number of amides is 3. The van der Waals surface area contributed by atoms with Crippen LogP contribution in [0.3, 0.4) is 0 Å². The third-order valence-corrected chi connectivity index (χ3v) is 8.31. The van der Waals surface area contributed by atoms with E-state index in [9.17, 15) is 18.8 Å². The highest BCUT2D eigenvalue weighted by Gasteiger charge is 2.23. The molecule has 0 fully saturated rings. The molecule has 0 aliphatic carbocycles. The Labute approximate surface area is 282 Å². The molecule has 0 aliphatic rings. The van der Waals surface area contributed by atoms with Crippen LogP contribution in [0, 0.1) is 5.82 Å². The summed E-state index contributed by atoms with van der Waals surface area (Å²) >= 11 is 1.29. The summed E-state index contributed by atoms with van der Waals surface area (Å²) in [6.07, 6.45) is 1.52. The number of methoxy groups -OCH3 is 2. The minimum Gasteiger partial charge on any atom is -0.497 e. The maximum Gasteiger partial charge on any atom is 0.272 e. The Kier molecular flexibility index (Phi) is 11.2. The Morgan fingerprint density at radius 2 is 1.44 bits per heavy atom. The van der Waals surface area contributed by atoms with Crippen molar-refractivity contribution >= 4 is 46.9 Å². The van der Waals surface area contributed by atoms with Crippen LogP contribution in [0.2, 0.25) is 0 Å². The van der Waals surface area contributed by atoms with Crippen molar-refractivity contribution in [1.29, 1.82) is 0 Å². The summed E-state index contributed by atoms with van der Waals surface area (Å²) in [6, 6.07) is 35.5. The molecule has 0 bridgehead atoms. The van der Waals surface area contributed by atoms with Gasteiger partial charge in [0.1, 0.15) is 28.3 Å². The number of rotatable bonds is 12. The predicted molar refractivity (Wildman–Crippen MR) is 187 cm³/mol. The van der Waals surface area contributed by atoms with Crippen LogP contribution >= 0.6 is 11.8 Å². The van der Waals surface area contributed by atoms with E-state index in [0.717, 1.165) is 5.56 Å². The first kappa shape index (κ1) is 33.5. The van der Waals surface area contributed by atoms with Gasteiger partial charge in [-0.1, -0.05) is 54.6 Å². The van der Waals surface area contributed by atoms with Crippen LogP contribution in [-0.2, 0) is 9.59 Å². The van der Waals surface area contributed by atoms with Gasteiger partial charge in [0.05, 0.1) is 14.2 Å². The van der Waals surface area contributed by atoms with E-state index in [2.05, 4.69) is 16.0 Å². The van der Waals surface area contributed by atoms with Gasteiger partial charge in [-0.15, -0.1) is 11.8 Å². The third-order valence-electron chi connectivity index (χ3n) is 7.06. The summed E-state index contributed by atoms with van der Waals surface area (Å²) in [5.41, 5.74) is 2.52. The molecule has 48 heavy (non-hydrogen) atoms. The highest BCUT2D eigenvalue weighted by molar-refractivity contribution is 8.00. The van der Waals surface area contributed by atoms with Crippen molar-refractivity contribution in [2.45, 2.75) is 10.1 Å². The van der Waals surface area contributed by atoms with Crippen LogP contribution in [0.5, 0.6) is 11.5 Å². The summed E-state index contributed by atoms with van der Waals surface area (Å²) in [7, 11) is 3.03. The Balaban J connectivity index is 1.41. The molecule has 0 aromatic heterocycles. The summed E-state index contributed by atoms with van der Waals surface area (Å²) in [4.78, 5) is 41.1. The van der Waals surface area contributed by atoms with Crippen molar-refractivity contribution in [3.05, 3.63) is 156 Å². The zero-order valence-electron chi connectivity index (χ0n) is 26.1. The molecule has 242 valence electrons. The van der Waals surface area contributed by atoms with Crippen LogP contribution in [0.25, 0.3) is 6.08 Å². The zero-order valence-corrected chi connectivity index (χ0v) is 26.9. The summed E-state index contributed by atoms with van der Waals surface area (Å²) < 4.78 is 24.3. The lowest BCUT2D eigenvalue weighted by atomic mass is 10.1. The number of hydrogen-bond acceptors (Lipinski definition) is 6. The van der Waals surface area contributed by atoms with Crippen LogP contribution in [0.4, 0.5) is 15.8 Å². The lowest BCUT2D eigenvalue weighted by molar-refractivity contribution is -0.116. The molecule has 0 saturated carbocycles. The van der Waals surface area contributed by atoms with E-state index < -0.39 is 22.9 Å². The number of halogens is 1. The van der Waals surface area contributed by atoms with Crippen molar-refractivity contribution < 1.29 is 28.2 Å². The molecule has 0 spiro atoms. The van der Waals surface area contributed by atoms with Crippen molar-refractivity contribution in [2.75, 3.05) is 24.9 Å². The van der Waals surface area contributed by atoms with Gasteiger partial charge in [-0.3, -0.25) is 14.4 Å². The molecule has 0 radical (unpaired) electrons. The fourth-order valence-electron chi connectivity index (χ4n) is 4.67. The maximum absolute atomic E-state index is 13.8. The Morgan fingerprint density at radius 3 is 2.12 bits per heavy atom. The first-order chi connectivity index (χ1) is 23.3. The number of hydrogen-bond donors (Lipinski definition) is 3. The van der Waals surface area contributed by atoms with E-state index in [1.165, 1.54) is 56.3 Å². The molecule has 1 unspecified atom stereocenters. The summed E-state index contributed by atoms with van der Waals surface area (Å²) in [5.74, 6) is -0.743. The molecule has 1 atom stereocenters. The van der Waals surface area contributed by atoms with Gasteiger partial charge in [0, 0.05) is 27.4 Å². The monoisotopic (exact) mass is 661 g/mol. The van der Waals surface area contributed by atoms with Gasteiger partial charge in [-0.2, -0.15) is 0 Å². The van der Waals surface area contributed by atoms with E-state index in [0.29, 0.717) is 38.9 Å². The second-order valence-electron chi connectivity index (χ2n) is 10.4. The Morgan fingerprint density at radius 1 is 0.729 bits per heavy atom. The average Bonchev–Trinajstić information content (AvgIpc) is 3.12. The van der Waals surface area contributed by atoms with Gasteiger partial charge in [-0.25, -0.2) is 4.39 Å². The Bertz CT molecular complexity index is 1920. The number of benzene rings is 5. The quantitative estimate of drug-likeness (QED) is 0.0934. The van der Waals surface area contributed by atoms with E-state index >= 15 is 0 Å². The Hall–Kier alpha value is -5.87. The minimum atomic E-state index is -0.664. The van der Waals surface area contributed by atoms with Crippen LogP contribution in [-0.4, -0.2) is 31.9 Å². The molecule has 3 amide bonds. The molecule has 5 aromatic carbocycles. The first-order valence-electron chi connectivity index (χ1n) is 14.8. The molecular formula is C38H32FN3O5S. The smallest absolute Gasteiger partial charge is 0.272 e. The maximum atomic E-state index is 13.8. The van der Waals surface area contributed by atoms with E-state index in [-0.39, 0.29) is 11.6 Å². The highest BCUT2D eigenvalue weighted by Crippen LogP contribution is 2.37. The largest absolute Gasteiger partial charge is 0.497 e. The number of ether oxygens (including phenoxy) is 2. The summed E-state index contributed by atoms with van der Waals surface area (Å²) in [6.45, 7) is 0. The molecule has 0 saturated heterocycles. The fourth-order valence-corrected chi connectivity index (χ4v) is 5.76. The van der Waals surface area contributed by atoms with Crippen LogP contribution in [0.15, 0.2) is 138 Å². The molecule has 10 heteroatoms. The molecule has 8 nitrogen and oxygen atoms in total. The zero-order chi connectivity index (χ0) is 33.9. The van der Waals surface area contributed by atoms with E-state index in [1.54, 1.807) is 66.7 Å². The number of anilines is 2. The van der Waals surface area contributed by atoms with Gasteiger partial charge >= 0.3 is 0 Å². The standard InChI is InChI=1S/C38H32FN3O5S/c1-46-31-20-21-34(47-2)27(22-31)23-33(42-36(43)26-12-7-4-8-13-26)37(44)41-30-14-9-15-32(24-30)48-35(25-10-5-3-6-11-25)38(45)40-29-18-16-28(39)17-19-29/h3-24,35H,1-2H3,(H,40,45)(H,41,44)(H,42,43)/b33-23+. The van der Waals surface area contributed by atoms with Crippen molar-refractivity contribution in [3.63, 3.8) is 0 Å². The molecule has 0 heterocycles. The van der Waals surface area contributed by atoms with Gasteiger partial charge in [0.25, 0.3) is 11.8 Å². The average molecular weight is 662 g/mol. The molecule has 0 aliphatic heterocycles. The van der Waals surface area contributed by atoms with E-state index in [4.69, 9.17) is 9.47 Å². The van der Waals surface area contributed by atoms with Gasteiger partial charge in [0.15, 0.2) is 0 Å². The van der Waals surface area contributed by atoms with Crippen molar-refractivity contribution in [2.24, 2.45) is 0 Å². The third kappa shape index (κ3) is 8.89. The van der Waals surface area contributed by atoms with Gasteiger partial charge in [-0.05, 0) is 84.4 Å². The number of carbonyl (C=O) groups excluding carboxylic acids is 3. The highest BCUT2D eigenvalue weighted by atomic mass is 32.2. The van der Waals surface area contributed by atoms with Crippen LogP contribution < -0.4 is 25.4 Å². The molecule has 3 N–H and O–H groups in total. The van der Waals surface area contributed by atoms with Gasteiger partial charge in [0.2, 0.25) is 5.91 Å². The van der Waals surface area contributed by atoms with Crippen molar-refractivity contribution in [1.82, 2.24) is 5.32 Å². The topological polar surface area (TPSA) is 106 Å². The minimum absolute atomic E-state index is 0.0331. The number of nitrogens with one attached hydrogen (secondary N) is 3.